The molecule has 0 aliphatic carbocycles. The first kappa shape index (κ1) is 27.2. The summed E-state index contributed by atoms with van der Waals surface area (Å²) in [6.45, 7) is 5.11. The van der Waals surface area contributed by atoms with E-state index in [0.717, 1.165) is 16.7 Å². The smallest absolute Gasteiger partial charge is 0.431 e. The third-order valence-corrected chi connectivity index (χ3v) is 6.71. The molecule has 0 saturated heterocycles. The standard InChI is InChI=1S/C29H28F4N2O3/c1-4-38-27(37)16-26-18(3)28(29(31,32)33)34-35(26)22-9-5-19(6-10-22)14-20-7-8-21(13-17(20)2)24-15-23(36)11-12-25(24)30/h5-13,15,18,26,36H,4,14,16H2,1-3H3/t18-,26-/m0/s1. The van der Waals surface area contributed by atoms with Gasteiger partial charge in [-0.2, -0.15) is 18.3 Å². The third-order valence-electron chi connectivity index (χ3n) is 6.71. The number of phenolic OH excluding ortho intramolecular Hbond substituents is 1. The molecule has 1 aliphatic rings. The van der Waals surface area contributed by atoms with E-state index in [-0.39, 0.29) is 18.8 Å². The summed E-state index contributed by atoms with van der Waals surface area (Å²) >= 11 is 0. The maximum absolute atomic E-state index is 14.2. The van der Waals surface area contributed by atoms with E-state index in [2.05, 4.69) is 5.10 Å². The summed E-state index contributed by atoms with van der Waals surface area (Å²) in [7, 11) is 0. The lowest BCUT2D eigenvalue weighted by atomic mass is 9.94. The normalized spacial score (nSPS) is 17.4. The number of phenols is 1. The van der Waals surface area contributed by atoms with Crippen molar-refractivity contribution < 1.29 is 32.2 Å². The molecule has 0 bridgehead atoms. The Bertz CT molecular complexity index is 1350. The Labute approximate surface area is 218 Å². The minimum absolute atomic E-state index is 0.0215. The lowest BCUT2D eigenvalue weighted by molar-refractivity contribution is -0.143. The molecule has 4 rings (SSSR count). The number of anilines is 1. The molecular weight excluding hydrogens is 500 g/mol. The Balaban J connectivity index is 1.55. The number of aromatic hydroxyl groups is 1. The van der Waals surface area contributed by atoms with Gasteiger partial charge in [0.25, 0.3) is 0 Å². The summed E-state index contributed by atoms with van der Waals surface area (Å²) < 4.78 is 59.9. The zero-order chi connectivity index (χ0) is 27.6. The van der Waals surface area contributed by atoms with Crippen LogP contribution in [-0.4, -0.2) is 35.6 Å². The van der Waals surface area contributed by atoms with Crippen LogP contribution in [0.1, 0.15) is 37.0 Å². The van der Waals surface area contributed by atoms with E-state index in [1.54, 1.807) is 25.1 Å². The molecule has 0 radical (unpaired) electrons. The largest absolute Gasteiger partial charge is 0.508 e. The molecule has 200 valence electrons. The van der Waals surface area contributed by atoms with Crippen LogP contribution in [0.25, 0.3) is 11.1 Å². The van der Waals surface area contributed by atoms with Crippen molar-refractivity contribution in [1.29, 1.82) is 0 Å². The summed E-state index contributed by atoms with van der Waals surface area (Å²) in [4.78, 5) is 12.1. The van der Waals surface area contributed by atoms with Crippen LogP contribution in [0.4, 0.5) is 23.2 Å². The number of hydrogen-bond acceptors (Lipinski definition) is 5. The molecule has 0 saturated carbocycles. The number of halogens is 4. The lowest BCUT2D eigenvalue weighted by Crippen LogP contribution is -2.37. The van der Waals surface area contributed by atoms with Crippen LogP contribution in [0.15, 0.2) is 65.8 Å². The number of benzene rings is 3. The summed E-state index contributed by atoms with van der Waals surface area (Å²) in [5.41, 5.74) is 3.31. The molecule has 3 aromatic rings. The first-order chi connectivity index (χ1) is 18.0. The zero-order valence-electron chi connectivity index (χ0n) is 21.2. The van der Waals surface area contributed by atoms with Gasteiger partial charge in [0.2, 0.25) is 0 Å². The Morgan fingerprint density at radius 1 is 1.08 bits per heavy atom. The summed E-state index contributed by atoms with van der Waals surface area (Å²) in [5.74, 6) is -2.03. The minimum Gasteiger partial charge on any atom is -0.508 e. The van der Waals surface area contributed by atoms with Crippen LogP contribution >= 0.6 is 0 Å². The maximum atomic E-state index is 14.2. The topological polar surface area (TPSA) is 62.1 Å². The highest BCUT2D eigenvalue weighted by atomic mass is 19.4. The monoisotopic (exact) mass is 528 g/mol. The van der Waals surface area contributed by atoms with Crippen LogP contribution in [0.3, 0.4) is 0 Å². The number of esters is 1. The average molecular weight is 529 g/mol. The van der Waals surface area contributed by atoms with Crippen LogP contribution in [0.5, 0.6) is 5.75 Å². The Morgan fingerprint density at radius 3 is 2.42 bits per heavy atom. The van der Waals surface area contributed by atoms with Gasteiger partial charge in [-0.3, -0.25) is 9.80 Å². The SMILES string of the molecule is CCOC(=O)C[C@H]1[C@H](C)C(C(F)(F)F)=NN1c1ccc(Cc2ccc(-c3cc(O)ccc3F)cc2C)cc1. The maximum Gasteiger partial charge on any atom is 0.431 e. The van der Waals surface area contributed by atoms with Crippen molar-refractivity contribution in [2.45, 2.75) is 45.8 Å². The second-order valence-electron chi connectivity index (χ2n) is 9.34. The second-order valence-corrected chi connectivity index (χ2v) is 9.34. The van der Waals surface area contributed by atoms with Crippen molar-refractivity contribution in [3.05, 3.63) is 83.2 Å². The van der Waals surface area contributed by atoms with E-state index in [1.165, 1.54) is 30.1 Å². The van der Waals surface area contributed by atoms with Crippen molar-refractivity contribution >= 4 is 17.4 Å². The zero-order valence-corrected chi connectivity index (χ0v) is 21.2. The van der Waals surface area contributed by atoms with Gasteiger partial charge in [-0.25, -0.2) is 4.39 Å². The highest BCUT2D eigenvalue weighted by molar-refractivity contribution is 5.96. The average Bonchev–Trinajstić information content (AvgIpc) is 3.19. The third kappa shape index (κ3) is 5.82. The molecule has 0 amide bonds. The molecule has 0 aromatic heterocycles. The molecule has 1 N–H and O–H groups in total. The number of nitrogens with zero attached hydrogens (tertiary/aromatic N) is 2. The van der Waals surface area contributed by atoms with Crippen LogP contribution in [-0.2, 0) is 16.0 Å². The highest BCUT2D eigenvalue weighted by Gasteiger charge is 2.48. The molecule has 38 heavy (non-hydrogen) atoms. The fraction of sp³-hybridized carbons (Fsp3) is 0.310. The predicted octanol–water partition coefficient (Wildman–Crippen LogP) is 6.79. The van der Waals surface area contributed by atoms with Gasteiger partial charge >= 0.3 is 12.1 Å². The Morgan fingerprint density at radius 2 is 1.79 bits per heavy atom. The van der Waals surface area contributed by atoms with E-state index < -0.39 is 35.6 Å². The van der Waals surface area contributed by atoms with Gasteiger partial charge in [0.05, 0.1) is 24.8 Å². The van der Waals surface area contributed by atoms with Crippen molar-refractivity contribution in [1.82, 2.24) is 0 Å². The van der Waals surface area contributed by atoms with Gasteiger partial charge in [0, 0.05) is 11.5 Å². The van der Waals surface area contributed by atoms with Crippen LogP contribution in [0.2, 0.25) is 0 Å². The van der Waals surface area contributed by atoms with E-state index in [4.69, 9.17) is 4.74 Å². The van der Waals surface area contributed by atoms with Gasteiger partial charge in [-0.05, 0) is 72.9 Å². The van der Waals surface area contributed by atoms with Gasteiger partial charge in [-0.15, -0.1) is 0 Å². The number of alkyl halides is 3. The number of aryl methyl sites for hydroxylation is 1. The van der Waals surface area contributed by atoms with E-state index in [1.807, 2.05) is 31.2 Å². The molecule has 2 atom stereocenters. The van der Waals surface area contributed by atoms with E-state index in [0.29, 0.717) is 23.2 Å². The second kappa shape index (κ2) is 10.8. The summed E-state index contributed by atoms with van der Waals surface area (Å²) in [6, 6.07) is 15.6. The quantitative estimate of drug-likeness (QED) is 0.271. The van der Waals surface area contributed by atoms with Gasteiger partial charge in [0.15, 0.2) is 0 Å². The number of ether oxygens (including phenoxy) is 1. The van der Waals surface area contributed by atoms with Gasteiger partial charge in [-0.1, -0.05) is 37.3 Å². The number of rotatable bonds is 7. The molecule has 0 unspecified atom stereocenters. The Kier molecular flexibility index (Phi) is 7.76. The number of hydrogen-bond donors (Lipinski definition) is 1. The van der Waals surface area contributed by atoms with Crippen molar-refractivity contribution in [3.63, 3.8) is 0 Å². The van der Waals surface area contributed by atoms with Crippen LogP contribution in [0, 0.1) is 18.7 Å². The molecule has 0 spiro atoms. The summed E-state index contributed by atoms with van der Waals surface area (Å²) in [6.07, 6.45) is -4.27. The first-order valence-electron chi connectivity index (χ1n) is 12.3. The molecule has 3 aromatic carbocycles. The molecule has 9 heteroatoms. The molecule has 5 nitrogen and oxygen atoms in total. The number of carbonyl (C=O) groups is 1. The number of carbonyl (C=O) groups excluding carboxylic acids is 1. The molecule has 0 fully saturated rings. The fourth-order valence-corrected chi connectivity index (χ4v) is 4.68. The van der Waals surface area contributed by atoms with Crippen LogP contribution < -0.4 is 5.01 Å². The van der Waals surface area contributed by atoms with Crippen molar-refractivity contribution in [3.8, 4) is 16.9 Å². The fourth-order valence-electron chi connectivity index (χ4n) is 4.68. The molecule has 1 aliphatic heterocycles. The van der Waals surface area contributed by atoms with E-state index >= 15 is 0 Å². The first-order valence-corrected chi connectivity index (χ1v) is 12.3. The Hall–Kier alpha value is -3.88. The summed E-state index contributed by atoms with van der Waals surface area (Å²) in [5, 5.41) is 14.8. The van der Waals surface area contributed by atoms with Crippen molar-refractivity contribution in [2.75, 3.05) is 11.6 Å². The number of hydrazone groups is 1. The van der Waals surface area contributed by atoms with Gasteiger partial charge in [0.1, 0.15) is 17.3 Å². The van der Waals surface area contributed by atoms with Gasteiger partial charge < -0.3 is 9.84 Å². The van der Waals surface area contributed by atoms with E-state index in [9.17, 15) is 27.5 Å². The minimum atomic E-state index is -4.61. The predicted molar refractivity (Wildman–Crippen MR) is 138 cm³/mol. The lowest BCUT2D eigenvalue weighted by Gasteiger charge is -2.26. The van der Waals surface area contributed by atoms with Crippen molar-refractivity contribution in [2.24, 2.45) is 11.0 Å². The molecule has 1 heterocycles. The molecular formula is C29H28F4N2O3. The highest BCUT2D eigenvalue weighted by Crippen LogP contribution is 2.37.